The van der Waals surface area contributed by atoms with Gasteiger partial charge in [0, 0.05) is 9.75 Å². The Labute approximate surface area is 301 Å². The van der Waals surface area contributed by atoms with Crippen LogP contribution in [-0.2, 0) is 12.8 Å². The van der Waals surface area contributed by atoms with E-state index < -0.39 is 34.7 Å². The molecule has 0 spiro atoms. The van der Waals surface area contributed by atoms with Crippen LogP contribution in [-0.4, -0.2) is 37.4 Å². The first-order chi connectivity index (χ1) is 19.1. The second kappa shape index (κ2) is 19.9. The molecular weight excluding hydrogens is 614 g/mol. The van der Waals surface area contributed by atoms with Gasteiger partial charge in [-0.1, -0.05) is 52.4 Å². The molecule has 0 saturated heterocycles. The Balaban J connectivity index is 0.000000767. The van der Waals surface area contributed by atoms with Crippen LogP contribution in [0, 0.1) is 13.8 Å². The van der Waals surface area contributed by atoms with Gasteiger partial charge < -0.3 is 35.2 Å². The molecule has 4 aromatic rings. The molecule has 0 aliphatic heterocycles. The quantitative estimate of drug-likeness (QED) is 0.117. The summed E-state index contributed by atoms with van der Waals surface area (Å²) in [6, 6.07) is 0. The van der Waals surface area contributed by atoms with Gasteiger partial charge >= 0.3 is 59.1 Å². The molecule has 4 rings (SSSR count). The fraction of sp³-hybridized carbons (Fsp3) is 0.500. The van der Waals surface area contributed by atoms with Crippen molar-refractivity contribution >= 4 is 55.0 Å². The van der Waals surface area contributed by atoms with E-state index in [4.69, 9.17) is 0 Å². The number of carbonyl (C=O) groups is 2. The maximum absolute atomic E-state index is 11.9. The summed E-state index contributed by atoms with van der Waals surface area (Å²) in [5, 5.41) is 22.6. The second-order valence-electron chi connectivity index (χ2n) is 9.69. The van der Waals surface area contributed by atoms with E-state index in [9.17, 15) is 29.4 Å². The number of aromatic carboxylic acids is 2. The van der Waals surface area contributed by atoms with Crippen LogP contribution >= 0.6 is 22.7 Å². The predicted octanol–water partition coefficient (Wildman–Crippen LogP) is -3.26. The van der Waals surface area contributed by atoms with E-state index in [2.05, 4.69) is 33.8 Å². The summed E-state index contributed by atoms with van der Waals surface area (Å²) in [5.41, 5.74) is 1.03. The van der Waals surface area contributed by atoms with Gasteiger partial charge in [0.1, 0.15) is 21.6 Å². The molecule has 0 aliphatic carbocycles. The molecule has 0 atom stereocenters. The third-order valence-corrected chi connectivity index (χ3v) is 9.19. The molecule has 43 heavy (non-hydrogen) atoms. The number of carbonyl (C=O) groups excluding carboxylic acids is 2. The van der Waals surface area contributed by atoms with Crippen molar-refractivity contribution in [3.8, 4) is 0 Å². The zero-order chi connectivity index (χ0) is 29.4. The number of H-pyrrole nitrogens is 2. The molecule has 0 aromatic carbocycles. The number of aromatic nitrogens is 4. The first kappa shape index (κ1) is 41.6. The van der Waals surface area contributed by atoms with E-state index in [-0.39, 0.29) is 64.6 Å². The predicted molar refractivity (Wildman–Crippen MR) is 158 cm³/mol. The number of nitrogens with zero attached hydrogens (tertiary/aromatic N) is 2. The van der Waals surface area contributed by atoms with E-state index in [1.165, 1.54) is 48.4 Å². The van der Waals surface area contributed by atoms with E-state index in [0.29, 0.717) is 20.4 Å². The van der Waals surface area contributed by atoms with Crippen LogP contribution in [0.3, 0.4) is 0 Å². The van der Waals surface area contributed by atoms with Crippen LogP contribution in [0.25, 0.3) is 20.4 Å². The van der Waals surface area contributed by atoms with Gasteiger partial charge in [-0.3, -0.25) is 9.59 Å². The summed E-state index contributed by atoms with van der Waals surface area (Å²) >= 11 is 2.81. The molecule has 224 valence electrons. The molecule has 4 aromatic heterocycles. The van der Waals surface area contributed by atoms with E-state index >= 15 is 0 Å². The zero-order valence-electron chi connectivity index (χ0n) is 25.7. The van der Waals surface area contributed by atoms with Crippen molar-refractivity contribution in [3.63, 3.8) is 0 Å². The van der Waals surface area contributed by atoms with Gasteiger partial charge in [-0.15, -0.1) is 22.7 Å². The maximum atomic E-state index is 11.9. The molecule has 0 unspecified atom stereocenters. The van der Waals surface area contributed by atoms with Gasteiger partial charge in [0.15, 0.2) is 11.6 Å². The zero-order valence-corrected chi connectivity index (χ0v) is 31.4. The van der Waals surface area contributed by atoms with Crippen LogP contribution < -0.4 is 80.4 Å². The Kier molecular flexibility index (Phi) is 19.2. The summed E-state index contributed by atoms with van der Waals surface area (Å²) in [7, 11) is 0. The molecule has 0 saturated carbocycles. The average Bonchev–Trinajstić information content (AvgIpc) is 3.41. The summed E-state index contributed by atoms with van der Waals surface area (Å²) in [6.07, 6.45) is 11.1. The first-order valence-electron chi connectivity index (χ1n) is 13.6. The fourth-order valence-electron chi connectivity index (χ4n) is 4.47. The Bertz CT molecular complexity index is 1510. The number of nitrogens with one attached hydrogen (secondary N) is 2. The number of fused-ring (bicyclic) bond motifs is 2. The Hall–Kier alpha value is -1.42. The Morgan fingerprint density at radius 3 is 1.33 bits per heavy atom. The molecule has 15 heteroatoms. The van der Waals surface area contributed by atoms with Gasteiger partial charge in [0.25, 0.3) is 11.1 Å². The van der Waals surface area contributed by atoms with Gasteiger partial charge in [-0.2, -0.15) is 0 Å². The topological polar surface area (TPSA) is 203 Å². The average molecular weight is 651 g/mol. The fourth-order valence-corrected chi connectivity index (χ4v) is 6.91. The van der Waals surface area contributed by atoms with Crippen LogP contribution in [0.15, 0.2) is 9.59 Å². The molecule has 4 N–H and O–H groups in total. The van der Waals surface area contributed by atoms with Gasteiger partial charge in [-0.05, 0) is 50.7 Å². The number of aromatic amines is 2. The number of carboxylic acids is 2. The number of hydrogen-bond donors (Lipinski definition) is 2. The van der Waals surface area contributed by atoms with Crippen molar-refractivity contribution < 1.29 is 84.4 Å². The normalized spacial score (nSPS) is 10.3. The summed E-state index contributed by atoms with van der Waals surface area (Å²) in [4.78, 5) is 61.1. The minimum Gasteiger partial charge on any atom is -0.542 e. The maximum Gasteiger partial charge on any atom is 1.00 e. The second-order valence-corrected chi connectivity index (χ2v) is 11.9. The van der Waals surface area contributed by atoms with Gasteiger partial charge in [0.05, 0.1) is 10.8 Å². The SMILES string of the molecule is CCCCCCc1sc2nc(C(=O)[O-])[nH]c(=O)c2c1C.CCCCCCc1sc2nc(C(=O)[O-])[nH]c(=O)c2c1C.O.[Na+].[Na+]. The summed E-state index contributed by atoms with van der Waals surface area (Å²) in [5.74, 6) is -3.72. The number of thiophene rings is 2. The molecular formula is C28H36N4Na2O7S2. The van der Waals surface area contributed by atoms with E-state index in [1.807, 2.05) is 13.8 Å². The van der Waals surface area contributed by atoms with E-state index in [0.717, 1.165) is 59.4 Å². The van der Waals surface area contributed by atoms with Crippen molar-refractivity contribution in [2.24, 2.45) is 0 Å². The summed E-state index contributed by atoms with van der Waals surface area (Å²) in [6.45, 7) is 8.11. The monoisotopic (exact) mass is 650 g/mol. The van der Waals surface area contributed by atoms with Crippen LogP contribution in [0.1, 0.15) is 107 Å². The van der Waals surface area contributed by atoms with Gasteiger partial charge in [-0.25, -0.2) is 9.97 Å². The molecule has 0 amide bonds. The van der Waals surface area contributed by atoms with Crippen molar-refractivity contribution in [1.82, 2.24) is 19.9 Å². The minimum atomic E-state index is -1.46. The number of aryl methyl sites for hydroxylation is 4. The molecule has 0 aliphatic rings. The molecule has 11 nitrogen and oxygen atoms in total. The van der Waals surface area contributed by atoms with Crippen molar-refractivity contribution in [2.75, 3.05) is 0 Å². The molecule has 0 fully saturated rings. The third-order valence-electron chi connectivity index (χ3n) is 6.70. The Morgan fingerprint density at radius 1 is 0.674 bits per heavy atom. The van der Waals surface area contributed by atoms with Crippen LogP contribution in [0.4, 0.5) is 0 Å². The number of hydrogen-bond acceptors (Lipinski definition) is 10. The standard InChI is InChI=1S/2C14H18N2O3S.2Na.H2O/c2*1-3-4-5-6-7-9-8(2)10-12(17)15-11(14(18)19)16-13(10)20-9;;;/h2*3-7H2,1-2H3,(H,18,19)(H,15,16,17);;;1H2/q;;2*+1;/p-2. The van der Waals surface area contributed by atoms with Crippen molar-refractivity contribution in [1.29, 1.82) is 0 Å². The molecule has 4 heterocycles. The van der Waals surface area contributed by atoms with Crippen molar-refractivity contribution in [2.45, 2.75) is 91.9 Å². The largest absolute Gasteiger partial charge is 1.00 e. The Morgan fingerprint density at radius 2 is 1.02 bits per heavy atom. The molecule has 0 bridgehead atoms. The van der Waals surface area contributed by atoms with Crippen LogP contribution in [0.2, 0.25) is 0 Å². The minimum absolute atomic E-state index is 0. The summed E-state index contributed by atoms with van der Waals surface area (Å²) < 4.78 is 0. The van der Waals surface area contributed by atoms with E-state index in [1.54, 1.807) is 0 Å². The first-order valence-corrected chi connectivity index (χ1v) is 15.2. The third kappa shape index (κ3) is 10.9. The number of unbranched alkanes of at least 4 members (excludes halogenated alkanes) is 6. The smallest absolute Gasteiger partial charge is 0.542 e. The van der Waals surface area contributed by atoms with Crippen molar-refractivity contribution in [3.05, 3.63) is 53.2 Å². The van der Waals surface area contributed by atoms with Gasteiger partial charge in [0.2, 0.25) is 0 Å². The van der Waals surface area contributed by atoms with Crippen LogP contribution in [0.5, 0.6) is 0 Å². The number of carboxylic acid groups (broad SMARTS) is 2. The number of rotatable bonds is 12. The molecule has 0 radical (unpaired) electrons.